The number of aliphatic hydroxyl groups excluding tert-OH is 1. The number of nitrogens with two attached hydrogens (primary N) is 1. The van der Waals surface area contributed by atoms with Gasteiger partial charge in [-0.2, -0.15) is 0 Å². The molecule has 0 fully saturated rings. The maximum atomic E-state index is 12.9. The first kappa shape index (κ1) is 28.6. The van der Waals surface area contributed by atoms with E-state index >= 15 is 0 Å². The van der Waals surface area contributed by atoms with Gasteiger partial charge in [0.15, 0.2) is 11.6 Å². The molecule has 0 saturated carbocycles. The second-order valence-electron chi connectivity index (χ2n) is 6.74. The maximum absolute atomic E-state index is 12.9. The number of aryl methyl sites for hydroxylation is 1. The van der Waals surface area contributed by atoms with E-state index in [1.165, 1.54) is 42.4 Å². The molecule has 0 unspecified atom stereocenters. The Bertz CT molecular complexity index is 1140. The van der Waals surface area contributed by atoms with Crippen molar-refractivity contribution in [2.75, 3.05) is 18.6 Å². The van der Waals surface area contributed by atoms with Gasteiger partial charge in [0.2, 0.25) is 5.91 Å². The molecule has 3 aromatic rings. The summed E-state index contributed by atoms with van der Waals surface area (Å²) < 4.78 is 0. The number of aromatic hydroxyl groups is 1. The topological polar surface area (TPSA) is 117 Å². The molecule has 0 radical (unpaired) electrons. The summed E-state index contributed by atoms with van der Waals surface area (Å²) in [4.78, 5) is 29.7. The van der Waals surface area contributed by atoms with Crippen LogP contribution in [0.5, 0.6) is 5.75 Å². The van der Waals surface area contributed by atoms with Gasteiger partial charge < -0.3 is 15.9 Å². The van der Waals surface area contributed by atoms with Crippen LogP contribution in [0.2, 0.25) is 10.0 Å². The maximum Gasteiger partial charge on any atom is 0.261 e. The molecule has 33 heavy (non-hydrogen) atoms. The van der Waals surface area contributed by atoms with Crippen LogP contribution >= 0.6 is 23.2 Å². The average molecular weight is 660 g/mol. The van der Waals surface area contributed by atoms with E-state index in [9.17, 15) is 14.7 Å². The second kappa shape index (κ2) is 12.7. The van der Waals surface area contributed by atoms with Gasteiger partial charge in [-0.3, -0.25) is 14.5 Å². The molecule has 3 rings (SSSR count). The predicted octanol–water partition coefficient (Wildman–Crippen LogP) is 4.44. The Morgan fingerprint density at radius 3 is 2.30 bits per heavy atom. The van der Waals surface area contributed by atoms with Gasteiger partial charge in [0, 0.05) is 62.6 Å². The standard InChI is InChI=1S/C21H17Cl2N3O3.C2H6O.W/c1-11-4-3-5-16(23)18(11)21(29)26(2)20-17(27)9-13(10-25-20)14-8-12(19(24)28)6-7-15(14)22;1-2-3;/h3-10,27H,1-2H3,(H2,24,28);3H,2H2,1H3;. The summed E-state index contributed by atoms with van der Waals surface area (Å²) in [5.41, 5.74) is 7.58. The van der Waals surface area contributed by atoms with E-state index in [4.69, 9.17) is 34.0 Å². The number of carbonyl (C=O) groups excluding carboxylic acids is 2. The average Bonchev–Trinajstić information content (AvgIpc) is 2.73. The van der Waals surface area contributed by atoms with Gasteiger partial charge in [0.05, 0.1) is 10.6 Å². The molecule has 2 amide bonds. The van der Waals surface area contributed by atoms with Crippen molar-refractivity contribution in [1.82, 2.24) is 4.98 Å². The summed E-state index contributed by atoms with van der Waals surface area (Å²) in [6, 6.07) is 11.1. The number of rotatable bonds is 4. The molecule has 1 heterocycles. The molecular formula is C23H23Cl2N3O4W. The minimum atomic E-state index is -0.600. The Labute approximate surface area is 216 Å². The number of aromatic nitrogens is 1. The molecule has 0 atom stereocenters. The number of carbonyl (C=O) groups is 2. The van der Waals surface area contributed by atoms with Crippen molar-refractivity contribution in [1.29, 1.82) is 0 Å². The van der Waals surface area contributed by atoms with E-state index in [0.29, 0.717) is 32.3 Å². The number of benzene rings is 2. The van der Waals surface area contributed by atoms with Crippen molar-refractivity contribution in [3.05, 3.63) is 75.4 Å². The fourth-order valence-electron chi connectivity index (χ4n) is 2.92. The van der Waals surface area contributed by atoms with Crippen LogP contribution < -0.4 is 10.6 Å². The number of amides is 2. The number of hydrogen-bond acceptors (Lipinski definition) is 5. The summed E-state index contributed by atoms with van der Waals surface area (Å²) in [7, 11) is 1.49. The number of hydrogen-bond donors (Lipinski definition) is 3. The molecule has 174 valence electrons. The van der Waals surface area contributed by atoms with E-state index in [2.05, 4.69) is 4.98 Å². The number of anilines is 1. The van der Waals surface area contributed by atoms with Crippen molar-refractivity contribution in [3.8, 4) is 16.9 Å². The van der Waals surface area contributed by atoms with E-state index in [0.717, 1.165) is 0 Å². The van der Waals surface area contributed by atoms with Gasteiger partial charge in [-0.25, -0.2) is 4.98 Å². The Kier molecular flexibility index (Phi) is 11.0. The fourth-order valence-corrected chi connectivity index (χ4v) is 3.45. The van der Waals surface area contributed by atoms with Crippen LogP contribution in [0.15, 0.2) is 48.7 Å². The summed E-state index contributed by atoms with van der Waals surface area (Å²) in [5.74, 6) is -1.18. The molecule has 2 aromatic carbocycles. The van der Waals surface area contributed by atoms with Gasteiger partial charge >= 0.3 is 0 Å². The van der Waals surface area contributed by atoms with E-state index in [-0.39, 0.29) is 44.8 Å². The Balaban J connectivity index is 0.00000129. The van der Waals surface area contributed by atoms with Crippen molar-refractivity contribution in [2.45, 2.75) is 13.8 Å². The molecular weight excluding hydrogens is 637 g/mol. The molecule has 4 N–H and O–H groups in total. The second-order valence-corrected chi connectivity index (χ2v) is 7.55. The van der Waals surface area contributed by atoms with Gasteiger partial charge in [-0.15, -0.1) is 0 Å². The van der Waals surface area contributed by atoms with E-state index in [1.54, 1.807) is 32.0 Å². The minimum absolute atomic E-state index is 0. The van der Waals surface area contributed by atoms with E-state index in [1.807, 2.05) is 0 Å². The minimum Gasteiger partial charge on any atom is -0.504 e. The van der Waals surface area contributed by atoms with Crippen molar-refractivity contribution in [3.63, 3.8) is 0 Å². The van der Waals surface area contributed by atoms with Crippen molar-refractivity contribution >= 4 is 40.8 Å². The molecule has 0 aliphatic rings. The normalized spacial score (nSPS) is 9.88. The quantitative estimate of drug-likeness (QED) is 0.383. The third-order valence-corrected chi connectivity index (χ3v) is 5.11. The third kappa shape index (κ3) is 6.78. The van der Waals surface area contributed by atoms with Crippen LogP contribution in [0.3, 0.4) is 0 Å². The summed E-state index contributed by atoms with van der Waals surface area (Å²) in [6.07, 6.45) is 1.45. The molecule has 0 aliphatic carbocycles. The number of nitrogens with zero attached hydrogens (tertiary/aromatic N) is 2. The van der Waals surface area contributed by atoms with Gasteiger partial charge in [-0.1, -0.05) is 35.3 Å². The molecule has 0 aliphatic heterocycles. The smallest absolute Gasteiger partial charge is 0.261 e. The molecule has 7 nitrogen and oxygen atoms in total. The zero-order valence-corrected chi connectivity index (χ0v) is 22.6. The number of halogens is 2. The Morgan fingerprint density at radius 2 is 1.76 bits per heavy atom. The van der Waals surface area contributed by atoms with Crippen molar-refractivity contribution in [2.24, 2.45) is 5.73 Å². The molecule has 1 aromatic heterocycles. The monoisotopic (exact) mass is 659 g/mol. The van der Waals surface area contributed by atoms with Gasteiger partial charge in [0.25, 0.3) is 5.91 Å². The summed E-state index contributed by atoms with van der Waals surface area (Å²) in [6.45, 7) is 3.71. The van der Waals surface area contributed by atoms with Gasteiger partial charge in [-0.05, 0) is 49.7 Å². The first-order valence-corrected chi connectivity index (χ1v) is 10.3. The zero-order chi connectivity index (χ0) is 24.0. The van der Waals surface area contributed by atoms with E-state index < -0.39 is 11.8 Å². The fraction of sp³-hybridized carbons (Fsp3) is 0.174. The van der Waals surface area contributed by atoms with Crippen molar-refractivity contribution < 1.29 is 40.9 Å². The zero-order valence-electron chi connectivity index (χ0n) is 18.2. The first-order chi connectivity index (χ1) is 15.1. The first-order valence-electron chi connectivity index (χ1n) is 9.55. The van der Waals surface area contributed by atoms with Crippen LogP contribution in [-0.2, 0) is 21.1 Å². The molecule has 10 heteroatoms. The van der Waals surface area contributed by atoms with Crippen LogP contribution in [0, 0.1) is 6.92 Å². The number of aliphatic hydroxyl groups is 1. The Morgan fingerprint density at radius 1 is 1.12 bits per heavy atom. The molecule has 0 spiro atoms. The van der Waals surface area contributed by atoms with Gasteiger partial charge in [0.1, 0.15) is 0 Å². The van der Waals surface area contributed by atoms with Crippen LogP contribution in [0.1, 0.15) is 33.2 Å². The largest absolute Gasteiger partial charge is 0.504 e. The SMILES string of the molecule is CCO.Cc1cccc(Cl)c1C(=O)N(C)c1ncc(-c2cc(C(N)=O)ccc2Cl)cc1O.[W]. The molecule has 0 bridgehead atoms. The number of primary amides is 1. The predicted molar refractivity (Wildman–Crippen MR) is 127 cm³/mol. The molecule has 0 saturated heterocycles. The van der Waals surface area contributed by atoms with Crippen LogP contribution in [0.4, 0.5) is 5.82 Å². The third-order valence-electron chi connectivity index (χ3n) is 4.47. The van der Waals surface area contributed by atoms with Crippen LogP contribution in [0.25, 0.3) is 11.1 Å². The Hall–Kier alpha value is -2.44. The summed E-state index contributed by atoms with van der Waals surface area (Å²) in [5, 5.41) is 18.7. The number of pyridine rings is 1. The summed E-state index contributed by atoms with van der Waals surface area (Å²) >= 11 is 12.4. The van der Waals surface area contributed by atoms with Crippen LogP contribution in [-0.4, -0.2) is 40.7 Å².